The van der Waals surface area contributed by atoms with Crippen LogP contribution in [-0.4, -0.2) is 19.1 Å². The van der Waals surface area contributed by atoms with Gasteiger partial charge in [0.15, 0.2) is 14.6 Å². The van der Waals surface area contributed by atoms with Gasteiger partial charge in [0, 0.05) is 11.1 Å². The van der Waals surface area contributed by atoms with Gasteiger partial charge >= 0.3 is 0 Å². The molecule has 1 aliphatic rings. The maximum atomic E-state index is 13.4. The minimum Gasteiger partial charge on any atom is -0.324 e. The Kier molecular flexibility index (Phi) is 4.48. The average molecular weight is 379 g/mol. The molecule has 3 aromatic rings. The summed E-state index contributed by atoms with van der Waals surface area (Å²) in [4.78, 5) is 13.5. The van der Waals surface area contributed by atoms with Crippen LogP contribution in [0.1, 0.15) is 25.7 Å². The van der Waals surface area contributed by atoms with E-state index in [0.717, 1.165) is 23.6 Å². The van der Waals surface area contributed by atoms with Crippen LogP contribution in [0.4, 0.5) is 5.69 Å². The van der Waals surface area contributed by atoms with Crippen molar-refractivity contribution in [3.05, 3.63) is 72.8 Å². The van der Waals surface area contributed by atoms with E-state index in [0.29, 0.717) is 18.5 Å². The molecule has 1 amide bonds. The SMILES string of the molecule is O=C(Nc1cccc2ccccc12)C1(S(=O)(=O)c2ccccc2)CCCC1. The lowest BCUT2D eigenvalue weighted by Crippen LogP contribution is -2.47. The van der Waals surface area contributed by atoms with Crippen LogP contribution in [0, 0.1) is 0 Å². The lowest BCUT2D eigenvalue weighted by atomic mass is 10.0. The molecule has 138 valence electrons. The fraction of sp³-hybridized carbons (Fsp3) is 0.227. The molecule has 0 atom stereocenters. The standard InChI is InChI=1S/C22H21NO3S/c24-21(23-20-14-8-10-17-9-4-5-13-19(17)20)22(15-6-7-16-22)27(25,26)18-11-2-1-3-12-18/h1-5,8-14H,6-7,15-16H2,(H,23,24). The van der Waals surface area contributed by atoms with Gasteiger partial charge in [-0.25, -0.2) is 8.42 Å². The average Bonchev–Trinajstić information content (AvgIpc) is 3.21. The van der Waals surface area contributed by atoms with Crippen LogP contribution in [0.2, 0.25) is 0 Å². The van der Waals surface area contributed by atoms with Crippen LogP contribution in [0.3, 0.4) is 0 Å². The third-order valence-electron chi connectivity index (χ3n) is 5.43. The summed E-state index contributed by atoms with van der Waals surface area (Å²) in [5, 5.41) is 4.83. The van der Waals surface area contributed by atoms with E-state index in [-0.39, 0.29) is 4.90 Å². The Morgan fingerprint density at radius 2 is 1.44 bits per heavy atom. The van der Waals surface area contributed by atoms with Gasteiger partial charge < -0.3 is 5.32 Å². The van der Waals surface area contributed by atoms with Crippen molar-refractivity contribution in [1.82, 2.24) is 0 Å². The minimum absolute atomic E-state index is 0.208. The number of benzene rings is 3. The van der Waals surface area contributed by atoms with Crippen molar-refractivity contribution in [3.63, 3.8) is 0 Å². The first-order chi connectivity index (χ1) is 13.0. The summed E-state index contributed by atoms with van der Waals surface area (Å²) >= 11 is 0. The fourth-order valence-electron chi connectivity index (χ4n) is 3.96. The monoisotopic (exact) mass is 379 g/mol. The second-order valence-corrected chi connectivity index (χ2v) is 9.26. The van der Waals surface area contributed by atoms with Gasteiger partial charge in [0.05, 0.1) is 4.90 Å². The Morgan fingerprint density at radius 1 is 0.815 bits per heavy atom. The third kappa shape index (κ3) is 2.92. The van der Waals surface area contributed by atoms with E-state index in [1.54, 1.807) is 30.3 Å². The highest BCUT2D eigenvalue weighted by Crippen LogP contribution is 2.41. The zero-order valence-corrected chi connectivity index (χ0v) is 15.7. The van der Waals surface area contributed by atoms with E-state index in [9.17, 15) is 13.2 Å². The predicted molar refractivity (Wildman–Crippen MR) is 107 cm³/mol. The summed E-state index contributed by atoms with van der Waals surface area (Å²) in [5.41, 5.74) is 0.646. The quantitative estimate of drug-likeness (QED) is 0.722. The van der Waals surface area contributed by atoms with E-state index in [4.69, 9.17) is 0 Å². The van der Waals surface area contributed by atoms with Gasteiger partial charge in [0.2, 0.25) is 5.91 Å². The van der Waals surface area contributed by atoms with E-state index >= 15 is 0 Å². The number of sulfone groups is 1. The van der Waals surface area contributed by atoms with Crippen molar-refractivity contribution in [3.8, 4) is 0 Å². The van der Waals surface area contributed by atoms with Crippen LogP contribution >= 0.6 is 0 Å². The number of hydrogen-bond donors (Lipinski definition) is 1. The Bertz CT molecular complexity index is 1080. The van der Waals surface area contributed by atoms with Crippen molar-refractivity contribution >= 4 is 32.2 Å². The number of carbonyl (C=O) groups excluding carboxylic acids is 1. The smallest absolute Gasteiger partial charge is 0.246 e. The van der Waals surface area contributed by atoms with Crippen LogP contribution in [0.5, 0.6) is 0 Å². The van der Waals surface area contributed by atoms with E-state index < -0.39 is 20.5 Å². The molecule has 0 radical (unpaired) electrons. The summed E-state index contributed by atoms with van der Waals surface area (Å²) in [6.07, 6.45) is 2.16. The third-order valence-corrected chi connectivity index (χ3v) is 7.95. The predicted octanol–water partition coefficient (Wildman–Crippen LogP) is 4.57. The van der Waals surface area contributed by atoms with Gasteiger partial charge in [-0.05, 0) is 36.4 Å². The normalized spacial score (nSPS) is 16.3. The largest absolute Gasteiger partial charge is 0.324 e. The van der Waals surface area contributed by atoms with Crippen molar-refractivity contribution < 1.29 is 13.2 Å². The molecule has 5 heteroatoms. The summed E-state index contributed by atoms with van der Waals surface area (Å²) in [6.45, 7) is 0. The van der Waals surface area contributed by atoms with Crippen LogP contribution < -0.4 is 5.32 Å². The first-order valence-corrected chi connectivity index (χ1v) is 10.6. The number of nitrogens with one attached hydrogen (secondary N) is 1. The molecule has 1 aliphatic carbocycles. The molecule has 27 heavy (non-hydrogen) atoms. The number of fused-ring (bicyclic) bond motifs is 1. The molecular formula is C22H21NO3S. The van der Waals surface area contributed by atoms with Gasteiger partial charge in [0.1, 0.15) is 0 Å². The van der Waals surface area contributed by atoms with Gasteiger partial charge in [-0.2, -0.15) is 0 Å². The van der Waals surface area contributed by atoms with Crippen LogP contribution in [-0.2, 0) is 14.6 Å². The van der Waals surface area contributed by atoms with Crippen LogP contribution in [0.15, 0.2) is 77.7 Å². The molecule has 3 aromatic carbocycles. The molecule has 0 aromatic heterocycles. The lowest BCUT2D eigenvalue weighted by molar-refractivity contribution is -0.118. The fourth-order valence-corrected chi connectivity index (χ4v) is 6.05. The molecule has 0 heterocycles. The van der Waals surface area contributed by atoms with Gasteiger partial charge in [-0.3, -0.25) is 4.79 Å². The zero-order chi connectivity index (χ0) is 18.9. The Hall–Kier alpha value is -2.66. The maximum Gasteiger partial charge on any atom is 0.246 e. The molecule has 1 N–H and O–H groups in total. The van der Waals surface area contributed by atoms with E-state index in [2.05, 4.69) is 5.32 Å². The Morgan fingerprint density at radius 3 is 2.19 bits per heavy atom. The number of carbonyl (C=O) groups is 1. The van der Waals surface area contributed by atoms with E-state index in [1.165, 1.54) is 0 Å². The Balaban J connectivity index is 1.75. The molecule has 0 spiro atoms. The first kappa shape index (κ1) is 17.7. The number of hydrogen-bond acceptors (Lipinski definition) is 3. The van der Waals surface area contributed by atoms with Crippen molar-refractivity contribution in [2.24, 2.45) is 0 Å². The summed E-state index contributed by atoms with van der Waals surface area (Å²) in [6, 6.07) is 21.7. The van der Waals surface area contributed by atoms with Crippen molar-refractivity contribution in [2.75, 3.05) is 5.32 Å². The lowest BCUT2D eigenvalue weighted by Gasteiger charge is -2.28. The van der Waals surface area contributed by atoms with E-state index in [1.807, 2.05) is 42.5 Å². The van der Waals surface area contributed by atoms with Gasteiger partial charge in [-0.1, -0.05) is 67.4 Å². The van der Waals surface area contributed by atoms with Crippen molar-refractivity contribution in [1.29, 1.82) is 0 Å². The molecule has 1 fully saturated rings. The highest BCUT2D eigenvalue weighted by Gasteiger charge is 2.52. The molecule has 0 unspecified atom stereocenters. The molecule has 4 rings (SSSR count). The van der Waals surface area contributed by atoms with Gasteiger partial charge in [0.25, 0.3) is 0 Å². The highest BCUT2D eigenvalue weighted by atomic mass is 32.2. The topological polar surface area (TPSA) is 63.2 Å². The molecular weight excluding hydrogens is 358 g/mol. The Labute approximate surface area is 159 Å². The van der Waals surface area contributed by atoms with Crippen molar-refractivity contribution in [2.45, 2.75) is 35.3 Å². The summed E-state index contributed by atoms with van der Waals surface area (Å²) in [7, 11) is -3.78. The minimum atomic E-state index is -3.78. The summed E-state index contributed by atoms with van der Waals surface area (Å²) in [5.74, 6) is -0.430. The molecule has 1 saturated carbocycles. The number of amides is 1. The second-order valence-electron chi connectivity index (χ2n) is 7.00. The number of anilines is 1. The van der Waals surface area contributed by atoms with Crippen LogP contribution in [0.25, 0.3) is 10.8 Å². The summed E-state index contributed by atoms with van der Waals surface area (Å²) < 4.78 is 25.4. The zero-order valence-electron chi connectivity index (χ0n) is 14.9. The first-order valence-electron chi connectivity index (χ1n) is 9.13. The second kappa shape index (κ2) is 6.82. The molecule has 0 bridgehead atoms. The molecule has 0 saturated heterocycles. The van der Waals surface area contributed by atoms with Gasteiger partial charge in [-0.15, -0.1) is 0 Å². The number of rotatable bonds is 4. The maximum absolute atomic E-state index is 13.4. The molecule has 4 nitrogen and oxygen atoms in total. The highest BCUT2D eigenvalue weighted by molar-refractivity contribution is 7.93. The molecule has 0 aliphatic heterocycles.